The summed E-state index contributed by atoms with van der Waals surface area (Å²) in [5.41, 5.74) is 1.07. The molecule has 15 heavy (non-hydrogen) atoms. The van der Waals surface area contributed by atoms with Gasteiger partial charge in [0.1, 0.15) is 4.88 Å². The van der Waals surface area contributed by atoms with E-state index in [4.69, 9.17) is 0 Å². The summed E-state index contributed by atoms with van der Waals surface area (Å²) in [6.07, 6.45) is 1.46. The molecule has 0 fully saturated rings. The van der Waals surface area contributed by atoms with Crippen LogP contribution in [0.2, 0.25) is 0 Å². The minimum atomic E-state index is -0.131. The van der Waals surface area contributed by atoms with Crippen molar-refractivity contribution >= 4 is 17.4 Å². The zero-order chi connectivity index (χ0) is 10.5. The fourth-order valence-corrected chi connectivity index (χ4v) is 1.56. The van der Waals surface area contributed by atoms with Crippen molar-refractivity contribution in [3.63, 3.8) is 0 Å². The molecule has 0 aliphatic rings. The van der Waals surface area contributed by atoms with Crippen molar-refractivity contribution in [1.82, 2.24) is 14.9 Å². The molecule has 1 amide bonds. The number of nitrogens with one attached hydrogen (secondary N) is 1. The van der Waals surface area contributed by atoms with Gasteiger partial charge < -0.3 is 5.32 Å². The van der Waals surface area contributed by atoms with Gasteiger partial charge in [-0.3, -0.25) is 4.79 Å². The van der Waals surface area contributed by atoms with E-state index in [-0.39, 0.29) is 5.91 Å². The Labute approximate surface area is 91.1 Å². The van der Waals surface area contributed by atoms with E-state index in [2.05, 4.69) is 14.9 Å². The lowest BCUT2D eigenvalue weighted by atomic mass is 10.2. The lowest BCUT2D eigenvalue weighted by Crippen LogP contribution is -2.21. The lowest BCUT2D eigenvalue weighted by molar-refractivity contribution is 0.0955. The van der Waals surface area contributed by atoms with Gasteiger partial charge in [0.15, 0.2) is 0 Å². The Kier molecular flexibility index (Phi) is 3.04. The Balaban J connectivity index is 1.92. The van der Waals surface area contributed by atoms with Crippen molar-refractivity contribution in [2.24, 2.45) is 0 Å². The Hall–Kier alpha value is -1.75. The van der Waals surface area contributed by atoms with Crippen LogP contribution in [0.25, 0.3) is 0 Å². The number of carbonyl (C=O) groups is 1. The molecule has 1 aromatic carbocycles. The summed E-state index contributed by atoms with van der Waals surface area (Å²) in [5.74, 6) is -0.131. The van der Waals surface area contributed by atoms with Gasteiger partial charge >= 0.3 is 0 Å². The maximum atomic E-state index is 11.5. The third kappa shape index (κ3) is 2.60. The summed E-state index contributed by atoms with van der Waals surface area (Å²) in [4.78, 5) is 12.0. The topological polar surface area (TPSA) is 54.9 Å². The van der Waals surface area contributed by atoms with Crippen LogP contribution in [0.4, 0.5) is 0 Å². The second-order valence-electron chi connectivity index (χ2n) is 2.95. The summed E-state index contributed by atoms with van der Waals surface area (Å²) in [6, 6.07) is 9.75. The molecule has 5 heteroatoms. The average molecular weight is 219 g/mol. The van der Waals surface area contributed by atoms with E-state index in [1.165, 1.54) is 6.20 Å². The van der Waals surface area contributed by atoms with Gasteiger partial charge in [-0.15, -0.1) is 5.10 Å². The minimum Gasteiger partial charge on any atom is -0.347 e. The largest absolute Gasteiger partial charge is 0.347 e. The molecule has 0 atom stereocenters. The normalized spacial score (nSPS) is 9.87. The van der Waals surface area contributed by atoms with E-state index in [0.717, 1.165) is 17.1 Å². The number of amides is 1. The monoisotopic (exact) mass is 219 g/mol. The highest BCUT2D eigenvalue weighted by molar-refractivity contribution is 7.07. The molecular formula is C10H9N3OS. The number of aromatic nitrogens is 2. The summed E-state index contributed by atoms with van der Waals surface area (Å²) < 4.78 is 3.63. The number of rotatable bonds is 3. The van der Waals surface area contributed by atoms with Crippen LogP contribution in [0.3, 0.4) is 0 Å². The van der Waals surface area contributed by atoms with Crippen LogP contribution in [0, 0.1) is 0 Å². The molecule has 2 aromatic rings. The van der Waals surface area contributed by atoms with Gasteiger partial charge in [0.2, 0.25) is 0 Å². The maximum Gasteiger partial charge on any atom is 0.264 e. The number of hydrogen-bond acceptors (Lipinski definition) is 4. The van der Waals surface area contributed by atoms with Gasteiger partial charge in [-0.05, 0) is 17.1 Å². The number of benzene rings is 1. The Bertz CT molecular complexity index is 427. The van der Waals surface area contributed by atoms with E-state index in [1.807, 2.05) is 30.3 Å². The molecule has 76 valence electrons. The van der Waals surface area contributed by atoms with Crippen molar-refractivity contribution in [3.05, 3.63) is 47.0 Å². The Morgan fingerprint density at radius 2 is 2.13 bits per heavy atom. The van der Waals surface area contributed by atoms with Crippen molar-refractivity contribution in [2.45, 2.75) is 6.54 Å². The third-order valence-corrected chi connectivity index (χ3v) is 2.54. The quantitative estimate of drug-likeness (QED) is 0.850. The molecule has 0 saturated carbocycles. The zero-order valence-corrected chi connectivity index (χ0v) is 8.70. The SMILES string of the molecule is O=C(NCc1ccccc1)c1cnns1. The van der Waals surface area contributed by atoms with Gasteiger partial charge in [-0.2, -0.15) is 0 Å². The van der Waals surface area contributed by atoms with Crippen LogP contribution < -0.4 is 5.32 Å². The third-order valence-electron chi connectivity index (χ3n) is 1.88. The van der Waals surface area contributed by atoms with Gasteiger partial charge in [0.25, 0.3) is 5.91 Å². The summed E-state index contributed by atoms with van der Waals surface area (Å²) in [5, 5.41) is 6.40. The molecule has 0 spiro atoms. The second kappa shape index (κ2) is 4.65. The van der Waals surface area contributed by atoms with Gasteiger partial charge in [0.05, 0.1) is 6.20 Å². The van der Waals surface area contributed by atoms with Crippen LogP contribution in [-0.4, -0.2) is 15.5 Å². The zero-order valence-electron chi connectivity index (χ0n) is 7.88. The van der Waals surface area contributed by atoms with E-state index < -0.39 is 0 Å². The van der Waals surface area contributed by atoms with E-state index >= 15 is 0 Å². The van der Waals surface area contributed by atoms with E-state index in [1.54, 1.807) is 0 Å². The summed E-state index contributed by atoms with van der Waals surface area (Å²) >= 11 is 1.09. The predicted molar refractivity (Wildman–Crippen MR) is 57.5 cm³/mol. The summed E-state index contributed by atoms with van der Waals surface area (Å²) in [6.45, 7) is 0.525. The minimum absolute atomic E-state index is 0.131. The first-order valence-electron chi connectivity index (χ1n) is 4.46. The van der Waals surface area contributed by atoms with Crippen molar-refractivity contribution in [1.29, 1.82) is 0 Å². The first-order valence-corrected chi connectivity index (χ1v) is 5.23. The van der Waals surface area contributed by atoms with Crippen molar-refractivity contribution < 1.29 is 4.79 Å². The molecule has 0 unspecified atom stereocenters. The average Bonchev–Trinajstić information content (AvgIpc) is 2.81. The standard InChI is InChI=1S/C10H9N3OS/c14-10(9-7-12-13-15-9)11-6-8-4-2-1-3-5-8/h1-5,7H,6H2,(H,11,14). The molecule has 1 N–H and O–H groups in total. The van der Waals surface area contributed by atoms with Crippen molar-refractivity contribution in [3.8, 4) is 0 Å². The molecule has 1 heterocycles. The van der Waals surface area contributed by atoms with Crippen LogP contribution in [-0.2, 0) is 6.54 Å². The summed E-state index contributed by atoms with van der Waals surface area (Å²) in [7, 11) is 0. The molecule has 4 nitrogen and oxygen atoms in total. The first-order chi connectivity index (χ1) is 7.36. The highest BCUT2D eigenvalue weighted by Crippen LogP contribution is 2.02. The molecule has 0 radical (unpaired) electrons. The number of hydrogen-bond donors (Lipinski definition) is 1. The molecular weight excluding hydrogens is 210 g/mol. The molecule has 0 aliphatic heterocycles. The fourth-order valence-electron chi connectivity index (χ4n) is 1.13. The predicted octanol–water partition coefficient (Wildman–Crippen LogP) is 1.47. The number of carbonyl (C=O) groups excluding carboxylic acids is 1. The van der Waals surface area contributed by atoms with E-state index in [0.29, 0.717) is 11.4 Å². The lowest BCUT2D eigenvalue weighted by Gasteiger charge is -2.02. The van der Waals surface area contributed by atoms with Crippen LogP contribution in [0.15, 0.2) is 36.5 Å². The highest BCUT2D eigenvalue weighted by atomic mass is 32.1. The van der Waals surface area contributed by atoms with Crippen molar-refractivity contribution in [2.75, 3.05) is 0 Å². The van der Waals surface area contributed by atoms with Gasteiger partial charge in [-0.1, -0.05) is 34.8 Å². The van der Waals surface area contributed by atoms with Gasteiger partial charge in [-0.25, -0.2) is 0 Å². The second-order valence-corrected chi connectivity index (χ2v) is 3.74. The van der Waals surface area contributed by atoms with Gasteiger partial charge in [0, 0.05) is 6.54 Å². The number of nitrogens with zero attached hydrogens (tertiary/aromatic N) is 2. The molecule has 0 saturated heterocycles. The van der Waals surface area contributed by atoms with Crippen LogP contribution >= 0.6 is 11.5 Å². The Morgan fingerprint density at radius 3 is 2.80 bits per heavy atom. The first kappa shape index (κ1) is 9.79. The smallest absolute Gasteiger partial charge is 0.264 e. The van der Waals surface area contributed by atoms with Crippen LogP contribution in [0.1, 0.15) is 15.2 Å². The molecule has 0 bridgehead atoms. The maximum absolute atomic E-state index is 11.5. The molecule has 2 rings (SSSR count). The Morgan fingerprint density at radius 1 is 1.33 bits per heavy atom. The van der Waals surface area contributed by atoms with Crippen LogP contribution in [0.5, 0.6) is 0 Å². The molecule has 0 aliphatic carbocycles. The fraction of sp³-hybridized carbons (Fsp3) is 0.100. The highest BCUT2D eigenvalue weighted by Gasteiger charge is 2.06. The molecule has 1 aromatic heterocycles. The van der Waals surface area contributed by atoms with E-state index in [9.17, 15) is 4.79 Å².